The number of aliphatic hydroxyl groups excluding tert-OH is 1. The van der Waals surface area contributed by atoms with E-state index in [2.05, 4.69) is 19.0 Å². The summed E-state index contributed by atoms with van der Waals surface area (Å²) in [5.74, 6) is 3.11. The second-order valence-electron chi connectivity index (χ2n) is 9.16. The summed E-state index contributed by atoms with van der Waals surface area (Å²) in [6.45, 7) is 4.88. The molecule has 4 rings (SSSR count). The van der Waals surface area contributed by atoms with Crippen LogP contribution < -0.4 is 0 Å². The van der Waals surface area contributed by atoms with Gasteiger partial charge in [0.1, 0.15) is 0 Å². The van der Waals surface area contributed by atoms with Gasteiger partial charge in [0.15, 0.2) is 0 Å². The molecule has 0 aromatic heterocycles. The Bertz CT molecular complexity index is 490. The maximum Gasteiger partial charge on any atom is 0.0596 e. The zero-order chi connectivity index (χ0) is 15.5. The van der Waals surface area contributed by atoms with Crippen molar-refractivity contribution in [3.63, 3.8) is 0 Å². The van der Waals surface area contributed by atoms with Gasteiger partial charge in [-0.1, -0.05) is 19.0 Å². The van der Waals surface area contributed by atoms with Gasteiger partial charge in [0, 0.05) is 0 Å². The minimum absolute atomic E-state index is 0.0662. The van der Waals surface area contributed by atoms with E-state index in [1.54, 1.807) is 0 Å². The van der Waals surface area contributed by atoms with E-state index in [9.17, 15) is 5.11 Å². The first-order valence-electron chi connectivity index (χ1n) is 9.37. The molecule has 124 valence electrons. The number of rotatable bonds is 0. The molecule has 0 heterocycles. The van der Waals surface area contributed by atoms with Gasteiger partial charge in [-0.3, -0.25) is 0 Å². The van der Waals surface area contributed by atoms with E-state index < -0.39 is 0 Å². The predicted octanol–water partition coefficient (Wildman–Crippen LogP) is 4.22. The first kappa shape index (κ1) is 15.0. The number of aliphatic hydroxyl groups is 1. The lowest BCUT2D eigenvalue weighted by atomic mass is 9.45. The molecule has 4 aliphatic carbocycles. The Kier molecular flexibility index (Phi) is 3.38. The van der Waals surface area contributed by atoms with Crippen LogP contribution in [-0.2, 0) is 0 Å². The molecular formula is C19H31NO2. The van der Waals surface area contributed by atoms with Gasteiger partial charge in [0.2, 0.25) is 0 Å². The molecule has 4 fully saturated rings. The van der Waals surface area contributed by atoms with Crippen molar-refractivity contribution in [1.29, 1.82) is 0 Å². The lowest BCUT2D eigenvalue weighted by Crippen LogP contribution is -2.54. The van der Waals surface area contributed by atoms with Gasteiger partial charge in [-0.25, -0.2) is 0 Å². The van der Waals surface area contributed by atoms with Gasteiger partial charge in [-0.2, -0.15) is 0 Å². The Morgan fingerprint density at radius 2 is 1.73 bits per heavy atom. The Morgan fingerprint density at radius 3 is 2.50 bits per heavy atom. The van der Waals surface area contributed by atoms with Crippen molar-refractivity contribution in [3.8, 4) is 0 Å². The predicted molar refractivity (Wildman–Crippen MR) is 87.0 cm³/mol. The molecule has 0 aromatic rings. The SMILES string of the molecule is C[C@]12CC/C(=N/O)C[C@H]1CC[C@H]1[C@H]3CC[C@H](O)[C@]3(C)CC[C@@H]12. The summed E-state index contributed by atoms with van der Waals surface area (Å²) in [5, 5.41) is 23.2. The summed E-state index contributed by atoms with van der Waals surface area (Å²) in [5.41, 5.74) is 1.65. The monoisotopic (exact) mass is 305 g/mol. The maximum atomic E-state index is 10.5. The van der Waals surface area contributed by atoms with Gasteiger partial charge in [0.05, 0.1) is 11.8 Å². The average Bonchev–Trinajstić information content (AvgIpc) is 2.82. The van der Waals surface area contributed by atoms with Gasteiger partial charge >= 0.3 is 0 Å². The second-order valence-corrected chi connectivity index (χ2v) is 9.16. The van der Waals surface area contributed by atoms with Crippen LogP contribution in [0.1, 0.15) is 71.6 Å². The molecule has 2 N–H and O–H groups in total. The molecule has 4 aliphatic rings. The molecule has 0 unspecified atom stereocenters. The molecular weight excluding hydrogens is 274 g/mol. The third-order valence-corrected chi connectivity index (χ3v) is 8.59. The summed E-state index contributed by atoms with van der Waals surface area (Å²) in [6, 6.07) is 0. The third kappa shape index (κ3) is 1.87. The van der Waals surface area contributed by atoms with Crippen molar-refractivity contribution >= 4 is 5.71 Å². The lowest BCUT2D eigenvalue weighted by Gasteiger charge is -2.60. The molecule has 0 amide bonds. The van der Waals surface area contributed by atoms with E-state index >= 15 is 0 Å². The number of hydrogen-bond donors (Lipinski definition) is 2. The standard InChI is InChI=1S/C19H31NO2/c1-18-9-7-13(20-22)11-12(18)3-4-14-15-5-6-17(21)19(15,2)10-8-16(14)18/h12,14-17,21-22H,3-11H2,1-2H3/b20-13-/t12-,14+,15-,16+,17+,18+,19-/m1/s1. The number of nitrogens with zero attached hydrogens (tertiary/aromatic N) is 1. The minimum Gasteiger partial charge on any atom is -0.411 e. The Morgan fingerprint density at radius 1 is 0.955 bits per heavy atom. The summed E-state index contributed by atoms with van der Waals surface area (Å²) in [6.07, 6.45) is 10.5. The van der Waals surface area contributed by atoms with Gasteiger partial charge in [-0.05, 0) is 92.3 Å². The van der Waals surface area contributed by atoms with Crippen LogP contribution in [0.25, 0.3) is 0 Å². The average molecular weight is 305 g/mol. The van der Waals surface area contributed by atoms with E-state index in [4.69, 9.17) is 5.21 Å². The smallest absolute Gasteiger partial charge is 0.0596 e. The van der Waals surface area contributed by atoms with Gasteiger partial charge < -0.3 is 10.3 Å². The molecule has 0 aliphatic heterocycles. The van der Waals surface area contributed by atoms with Crippen LogP contribution in [0.2, 0.25) is 0 Å². The second kappa shape index (κ2) is 4.96. The fourth-order valence-electron chi connectivity index (χ4n) is 7.12. The molecule has 0 saturated heterocycles. The van der Waals surface area contributed by atoms with Crippen LogP contribution in [-0.4, -0.2) is 22.1 Å². The van der Waals surface area contributed by atoms with E-state index in [1.807, 2.05) is 0 Å². The quantitative estimate of drug-likeness (QED) is 0.520. The summed E-state index contributed by atoms with van der Waals surface area (Å²) in [7, 11) is 0. The van der Waals surface area contributed by atoms with E-state index in [1.165, 1.54) is 38.5 Å². The van der Waals surface area contributed by atoms with Gasteiger partial charge in [0.25, 0.3) is 0 Å². The third-order valence-electron chi connectivity index (χ3n) is 8.59. The van der Waals surface area contributed by atoms with Crippen LogP contribution in [0, 0.1) is 34.5 Å². The molecule has 4 saturated carbocycles. The van der Waals surface area contributed by atoms with Crippen LogP contribution in [0.5, 0.6) is 0 Å². The molecule has 7 atom stereocenters. The molecule has 0 spiro atoms. The molecule has 3 nitrogen and oxygen atoms in total. The minimum atomic E-state index is -0.0662. The van der Waals surface area contributed by atoms with Crippen LogP contribution >= 0.6 is 0 Å². The fraction of sp³-hybridized carbons (Fsp3) is 0.947. The van der Waals surface area contributed by atoms with E-state index in [0.29, 0.717) is 11.3 Å². The Labute approximate surface area is 134 Å². The number of hydrogen-bond acceptors (Lipinski definition) is 3. The first-order chi connectivity index (χ1) is 10.5. The highest BCUT2D eigenvalue weighted by Crippen LogP contribution is 2.65. The van der Waals surface area contributed by atoms with Crippen molar-refractivity contribution in [3.05, 3.63) is 0 Å². The zero-order valence-electron chi connectivity index (χ0n) is 14.1. The highest BCUT2D eigenvalue weighted by atomic mass is 16.4. The van der Waals surface area contributed by atoms with E-state index in [0.717, 1.165) is 42.7 Å². The number of fused-ring (bicyclic) bond motifs is 5. The molecule has 0 bridgehead atoms. The van der Waals surface area contributed by atoms with Crippen molar-refractivity contribution in [1.82, 2.24) is 0 Å². The lowest BCUT2D eigenvalue weighted by molar-refractivity contribution is -0.112. The van der Waals surface area contributed by atoms with Crippen molar-refractivity contribution in [2.24, 2.45) is 39.7 Å². The summed E-state index contributed by atoms with van der Waals surface area (Å²) in [4.78, 5) is 0. The maximum absolute atomic E-state index is 10.5. The van der Waals surface area contributed by atoms with Crippen LogP contribution in [0.3, 0.4) is 0 Å². The highest BCUT2D eigenvalue weighted by molar-refractivity contribution is 5.85. The van der Waals surface area contributed by atoms with Crippen molar-refractivity contribution in [2.45, 2.75) is 77.7 Å². The molecule has 0 aromatic carbocycles. The van der Waals surface area contributed by atoms with Crippen molar-refractivity contribution in [2.75, 3.05) is 0 Å². The Balaban J connectivity index is 1.62. The van der Waals surface area contributed by atoms with Crippen LogP contribution in [0.15, 0.2) is 5.16 Å². The largest absolute Gasteiger partial charge is 0.411 e. The normalized spacial score (nSPS) is 56.3. The van der Waals surface area contributed by atoms with Crippen molar-refractivity contribution < 1.29 is 10.3 Å². The highest BCUT2D eigenvalue weighted by Gasteiger charge is 2.59. The molecule has 0 radical (unpaired) electrons. The fourth-order valence-corrected chi connectivity index (χ4v) is 7.12. The zero-order valence-corrected chi connectivity index (χ0v) is 14.1. The topological polar surface area (TPSA) is 52.8 Å². The molecule has 3 heteroatoms. The van der Waals surface area contributed by atoms with Gasteiger partial charge in [-0.15, -0.1) is 0 Å². The first-order valence-corrected chi connectivity index (χ1v) is 9.37. The van der Waals surface area contributed by atoms with E-state index in [-0.39, 0.29) is 11.5 Å². The summed E-state index contributed by atoms with van der Waals surface area (Å²) < 4.78 is 0. The van der Waals surface area contributed by atoms with Crippen LogP contribution in [0.4, 0.5) is 0 Å². The summed E-state index contributed by atoms with van der Waals surface area (Å²) >= 11 is 0. The number of oxime groups is 1. The molecule has 22 heavy (non-hydrogen) atoms. The Hall–Kier alpha value is -0.570.